The molecule has 1 aromatic rings. The average Bonchev–Trinajstić information content (AvgIpc) is 2.87. The lowest BCUT2D eigenvalue weighted by Crippen LogP contribution is -2.28. The van der Waals surface area contributed by atoms with Crippen LogP contribution in [0.2, 0.25) is 0 Å². The van der Waals surface area contributed by atoms with E-state index in [2.05, 4.69) is 15.6 Å². The van der Waals surface area contributed by atoms with Crippen LogP contribution in [0, 0.1) is 23.0 Å². The normalized spacial score (nSPS) is 18.5. The van der Waals surface area contributed by atoms with Crippen molar-refractivity contribution in [3.8, 4) is 0 Å². The summed E-state index contributed by atoms with van der Waals surface area (Å²) in [5.74, 6) is -0.361. The fourth-order valence-corrected chi connectivity index (χ4v) is 3.13. The highest BCUT2D eigenvalue weighted by molar-refractivity contribution is 8.15. The van der Waals surface area contributed by atoms with E-state index in [0.29, 0.717) is 17.6 Å². The lowest BCUT2D eigenvalue weighted by atomic mass is 10.2. The second-order valence-corrected chi connectivity index (χ2v) is 7.36. The summed E-state index contributed by atoms with van der Waals surface area (Å²) in [6.45, 7) is 6.36. The molecule has 1 aliphatic heterocycles. The van der Waals surface area contributed by atoms with Gasteiger partial charge in [-0.2, -0.15) is 0 Å². The van der Waals surface area contributed by atoms with E-state index in [1.54, 1.807) is 13.0 Å². The van der Waals surface area contributed by atoms with Gasteiger partial charge < -0.3 is 10.6 Å². The van der Waals surface area contributed by atoms with Crippen molar-refractivity contribution in [1.82, 2.24) is 5.32 Å². The molecule has 1 fully saturated rings. The monoisotopic (exact) mass is 364 g/mol. The zero-order valence-electron chi connectivity index (χ0n) is 14.2. The van der Waals surface area contributed by atoms with Crippen molar-refractivity contribution in [2.24, 2.45) is 10.9 Å². The van der Waals surface area contributed by atoms with Crippen molar-refractivity contribution >= 4 is 40.1 Å². The highest BCUT2D eigenvalue weighted by atomic mass is 32.2. The van der Waals surface area contributed by atoms with Crippen LogP contribution in [-0.4, -0.2) is 33.7 Å². The first kappa shape index (κ1) is 18.9. The average molecular weight is 364 g/mol. The van der Waals surface area contributed by atoms with Crippen LogP contribution in [0.3, 0.4) is 0 Å². The summed E-state index contributed by atoms with van der Waals surface area (Å²) in [5.41, 5.74) is 0.676. The fraction of sp³-hybridized carbons (Fsp3) is 0.438. The van der Waals surface area contributed by atoms with Crippen LogP contribution < -0.4 is 10.6 Å². The number of amidine groups is 1. The van der Waals surface area contributed by atoms with Crippen LogP contribution in [0.4, 0.5) is 11.4 Å². The summed E-state index contributed by atoms with van der Waals surface area (Å²) in [6, 6.07) is 4.56. The highest BCUT2D eigenvalue weighted by Crippen LogP contribution is 2.27. The Hall–Kier alpha value is -2.42. The first-order chi connectivity index (χ1) is 11.8. The molecule has 0 spiro atoms. The standard InChI is InChI=1S/C16H20N4O4S/c1-9(2)8-17-16-19-15(22)13(25-16)7-14(21)18-11-5-4-10(3)6-12(11)20(23)24/h4-6,9,13H,7-8H2,1-3H3,(H,18,21)(H,17,19,22)/t13-/m0/s1. The molecule has 2 rings (SSSR count). The smallest absolute Gasteiger partial charge is 0.293 e. The van der Waals surface area contributed by atoms with Crippen LogP contribution in [0.15, 0.2) is 23.2 Å². The van der Waals surface area contributed by atoms with Crippen molar-refractivity contribution in [2.75, 3.05) is 11.9 Å². The van der Waals surface area contributed by atoms with E-state index in [-0.39, 0.29) is 23.7 Å². The van der Waals surface area contributed by atoms with Gasteiger partial charge in [-0.15, -0.1) is 0 Å². The third-order valence-corrected chi connectivity index (χ3v) is 4.49. The minimum Gasteiger partial charge on any atom is -0.320 e. The maximum absolute atomic E-state index is 12.2. The zero-order valence-corrected chi connectivity index (χ0v) is 15.1. The van der Waals surface area contributed by atoms with E-state index in [4.69, 9.17) is 0 Å². The summed E-state index contributed by atoms with van der Waals surface area (Å²) in [5, 5.41) is 16.2. The van der Waals surface area contributed by atoms with Gasteiger partial charge in [0.1, 0.15) is 10.9 Å². The molecule has 0 radical (unpaired) electrons. The molecule has 1 aliphatic rings. The van der Waals surface area contributed by atoms with E-state index < -0.39 is 16.1 Å². The summed E-state index contributed by atoms with van der Waals surface area (Å²) >= 11 is 1.21. The largest absolute Gasteiger partial charge is 0.320 e. The number of carbonyl (C=O) groups is 2. The van der Waals surface area contributed by atoms with Crippen LogP contribution in [0.1, 0.15) is 25.8 Å². The van der Waals surface area contributed by atoms with E-state index >= 15 is 0 Å². The van der Waals surface area contributed by atoms with Gasteiger partial charge in [0.2, 0.25) is 11.8 Å². The number of aliphatic imine (C=N–C) groups is 1. The Bertz CT molecular complexity index is 733. The number of nitrogens with one attached hydrogen (secondary N) is 2. The molecule has 25 heavy (non-hydrogen) atoms. The molecule has 0 unspecified atom stereocenters. The van der Waals surface area contributed by atoms with E-state index in [9.17, 15) is 19.7 Å². The maximum atomic E-state index is 12.2. The molecule has 9 heteroatoms. The third kappa shape index (κ3) is 5.28. The summed E-state index contributed by atoms with van der Waals surface area (Å²) < 4.78 is 0. The highest BCUT2D eigenvalue weighted by Gasteiger charge is 2.32. The molecule has 2 N–H and O–H groups in total. The Morgan fingerprint density at radius 1 is 1.48 bits per heavy atom. The molecule has 0 aliphatic carbocycles. The second-order valence-electron chi connectivity index (χ2n) is 6.17. The van der Waals surface area contributed by atoms with Crippen LogP contribution in [-0.2, 0) is 9.59 Å². The van der Waals surface area contributed by atoms with Crippen LogP contribution in [0.25, 0.3) is 0 Å². The molecule has 134 valence electrons. The second kappa shape index (κ2) is 8.11. The minimum atomic E-state index is -0.588. The number of nitro benzene ring substituents is 1. The lowest BCUT2D eigenvalue weighted by molar-refractivity contribution is -0.384. The summed E-state index contributed by atoms with van der Waals surface area (Å²) in [4.78, 5) is 39.0. The molecule has 1 saturated heterocycles. The van der Waals surface area contributed by atoms with Crippen molar-refractivity contribution in [1.29, 1.82) is 0 Å². The summed E-state index contributed by atoms with van der Waals surface area (Å²) in [7, 11) is 0. The number of amides is 2. The zero-order chi connectivity index (χ0) is 18.6. The third-order valence-electron chi connectivity index (χ3n) is 3.37. The number of benzene rings is 1. The first-order valence-corrected chi connectivity index (χ1v) is 8.71. The summed E-state index contributed by atoms with van der Waals surface area (Å²) in [6.07, 6.45) is -0.0811. The number of nitrogens with zero attached hydrogens (tertiary/aromatic N) is 2. The van der Waals surface area contributed by atoms with Gasteiger partial charge in [0.15, 0.2) is 5.17 Å². The number of hydrogen-bond donors (Lipinski definition) is 2. The van der Waals surface area contributed by atoms with Gasteiger partial charge in [-0.25, -0.2) is 0 Å². The minimum absolute atomic E-state index is 0.0811. The van der Waals surface area contributed by atoms with Gasteiger partial charge in [-0.3, -0.25) is 24.7 Å². The molecule has 1 aromatic carbocycles. The van der Waals surface area contributed by atoms with Gasteiger partial charge in [-0.1, -0.05) is 31.7 Å². The Labute approximate surface area is 149 Å². The quantitative estimate of drug-likeness (QED) is 0.594. The van der Waals surface area contributed by atoms with Gasteiger partial charge in [0.25, 0.3) is 5.69 Å². The van der Waals surface area contributed by atoms with Gasteiger partial charge in [0.05, 0.1) is 4.92 Å². The molecular weight excluding hydrogens is 344 g/mol. The van der Waals surface area contributed by atoms with E-state index in [1.165, 1.54) is 23.9 Å². The molecule has 1 atom stereocenters. The number of carbonyl (C=O) groups excluding carboxylic acids is 2. The van der Waals surface area contributed by atoms with Crippen molar-refractivity contribution in [3.63, 3.8) is 0 Å². The number of hydrogen-bond acceptors (Lipinski definition) is 6. The SMILES string of the molecule is Cc1ccc(NC(=O)C[C@@H]2SC(=NCC(C)C)NC2=O)c([N+](=O)[O-])c1. The molecule has 2 amide bonds. The molecule has 0 bridgehead atoms. The van der Waals surface area contributed by atoms with Gasteiger partial charge in [0, 0.05) is 19.0 Å². The Morgan fingerprint density at radius 2 is 2.20 bits per heavy atom. The predicted octanol–water partition coefficient (Wildman–Crippen LogP) is 2.48. The number of thioether (sulfide) groups is 1. The van der Waals surface area contributed by atoms with Gasteiger partial charge in [-0.05, 0) is 24.5 Å². The maximum Gasteiger partial charge on any atom is 0.293 e. The molecule has 0 saturated carbocycles. The molecule has 0 aromatic heterocycles. The number of nitro groups is 1. The number of aryl methyl sites for hydroxylation is 1. The fourth-order valence-electron chi connectivity index (χ4n) is 2.15. The number of anilines is 1. The Balaban J connectivity index is 2.00. The van der Waals surface area contributed by atoms with Crippen molar-refractivity contribution in [3.05, 3.63) is 33.9 Å². The Morgan fingerprint density at radius 3 is 2.84 bits per heavy atom. The first-order valence-electron chi connectivity index (χ1n) is 7.83. The molecular formula is C16H20N4O4S. The Kier molecular flexibility index (Phi) is 6.13. The molecule has 1 heterocycles. The van der Waals surface area contributed by atoms with Crippen LogP contribution in [0.5, 0.6) is 0 Å². The number of rotatable bonds is 6. The van der Waals surface area contributed by atoms with E-state index in [1.807, 2.05) is 13.8 Å². The predicted molar refractivity (Wildman–Crippen MR) is 97.7 cm³/mol. The van der Waals surface area contributed by atoms with Crippen molar-refractivity contribution in [2.45, 2.75) is 32.4 Å². The van der Waals surface area contributed by atoms with Crippen molar-refractivity contribution < 1.29 is 14.5 Å². The van der Waals surface area contributed by atoms with Gasteiger partial charge >= 0.3 is 0 Å². The lowest BCUT2D eigenvalue weighted by Gasteiger charge is -2.08. The van der Waals surface area contributed by atoms with Crippen LogP contribution >= 0.6 is 11.8 Å². The topological polar surface area (TPSA) is 114 Å². The molecule has 8 nitrogen and oxygen atoms in total. The van der Waals surface area contributed by atoms with E-state index in [0.717, 1.165) is 5.56 Å².